The molecular weight excluding hydrogens is 415 g/mol. The summed E-state index contributed by atoms with van der Waals surface area (Å²) < 4.78 is 0. The van der Waals surface area contributed by atoms with E-state index in [2.05, 4.69) is 15.3 Å². The lowest BCUT2D eigenvalue weighted by atomic mass is 10.1. The number of nitro benzene ring substituents is 1. The summed E-state index contributed by atoms with van der Waals surface area (Å²) in [4.78, 5) is 30.6. The number of imidazole rings is 1. The molecule has 0 saturated carbocycles. The number of amides is 1. The van der Waals surface area contributed by atoms with Gasteiger partial charge in [-0.25, -0.2) is 4.98 Å². The highest BCUT2D eigenvalue weighted by molar-refractivity contribution is 6.36. The van der Waals surface area contributed by atoms with Crippen molar-refractivity contribution in [1.29, 1.82) is 0 Å². The smallest absolute Gasteiger partial charge is 0.270 e. The molecule has 3 aromatic carbocycles. The molecule has 1 heterocycles. The quantitative estimate of drug-likeness (QED) is 0.322. The van der Waals surface area contributed by atoms with Gasteiger partial charge in [-0.1, -0.05) is 35.3 Å². The second kappa shape index (κ2) is 7.54. The van der Waals surface area contributed by atoms with Crippen LogP contribution in [0.2, 0.25) is 10.0 Å². The summed E-state index contributed by atoms with van der Waals surface area (Å²) in [6, 6.07) is 16.4. The number of nitro groups is 1. The van der Waals surface area contributed by atoms with Crippen LogP contribution in [0.4, 0.5) is 11.4 Å². The zero-order chi connectivity index (χ0) is 20.5. The van der Waals surface area contributed by atoms with Crippen LogP contribution in [0.15, 0.2) is 60.7 Å². The Morgan fingerprint density at radius 1 is 1.03 bits per heavy atom. The van der Waals surface area contributed by atoms with Crippen molar-refractivity contribution in [3.8, 4) is 11.4 Å². The number of hydrogen-bond donors (Lipinski definition) is 2. The first kappa shape index (κ1) is 18.9. The van der Waals surface area contributed by atoms with Gasteiger partial charge in [0.2, 0.25) is 0 Å². The number of fused-ring (bicyclic) bond motifs is 1. The molecule has 0 aliphatic carbocycles. The fraction of sp³-hybridized carbons (Fsp3) is 0. The number of para-hydroxylation sites is 2. The number of anilines is 1. The number of nitrogens with one attached hydrogen (secondary N) is 2. The van der Waals surface area contributed by atoms with E-state index in [-0.39, 0.29) is 16.3 Å². The van der Waals surface area contributed by atoms with Crippen LogP contribution in [-0.2, 0) is 0 Å². The first-order valence-electron chi connectivity index (χ1n) is 8.42. The normalized spacial score (nSPS) is 10.8. The van der Waals surface area contributed by atoms with Crippen molar-refractivity contribution in [3.05, 3.63) is 86.4 Å². The Hall–Kier alpha value is -3.42. The average molecular weight is 427 g/mol. The van der Waals surface area contributed by atoms with Gasteiger partial charge in [0.25, 0.3) is 11.6 Å². The first-order valence-corrected chi connectivity index (χ1v) is 9.18. The van der Waals surface area contributed by atoms with Crippen LogP contribution >= 0.6 is 23.2 Å². The molecule has 0 atom stereocenters. The molecule has 0 radical (unpaired) electrons. The highest BCUT2D eigenvalue weighted by Crippen LogP contribution is 2.30. The number of halogens is 2. The van der Waals surface area contributed by atoms with Crippen molar-refractivity contribution in [1.82, 2.24) is 9.97 Å². The number of non-ortho nitro benzene ring substituents is 1. The number of carbonyl (C=O) groups excluding carboxylic acids is 1. The second-order valence-electron chi connectivity index (χ2n) is 6.17. The lowest BCUT2D eigenvalue weighted by molar-refractivity contribution is -0.384. The fourth-order valence-corrected chi connectivity index (χ4v) is 3.27. The van der Waals surface area contributed by atoms with Crippen LogP contribution < -0.4 is 5.32 Å². The zero-order valence-electron chi connectivity index (χ0n) is 14.6. The van der Waals surface area contributed by atoms with E-state index in [1.807, 2.05) is 24.3 Å². The Labute approximate surface area is 174 Å². The van der Waals surface area contributed by atoms with Crippen molar-refractivity contribution in [2.45, 2.75) is 0 Å². The predicted molar refractivity (Wildman–Crippen MR) is 113 cm³/mol. The molecule has 1 amide bonds. The van der Waals surface area contributed by atoms with E-state index >= 15 is 0 Å². The molecule has 0 spiro atoms. The van der Waals surface area contributed by atoms with Crippen LogP contribution in [0.25, 0.3) is 22.4 Å². The Balaban J connectivity index is 1.64. The predicted octanol–water partition coefficient (Wildman–Crippen LogP) is 5.70. The number of aromatic amines is 1. The maximum atomic E-state index is 12.6. The maximum Gasteiger partial charge on any atom is 0.270 e. The van der Waals surface area contributed by atoms with Gasteiger partial charge in [0.15, 0.2) is 0 Å². The highest BCUT2D eigenvalue weighted by atomic mass is 35.5. The summed E-state index contributed by atoms with van der Waals surface area (Å²) in [5.74, 6) is 0.0975. The number of aromatic nitrogens is 2. The molecule has 2 N–H and O–H groups in total. The maximum absolute atomic E-state index is 12.6. The van der Waals surface area contributed by atoms with Crippen molar-refractivity contribution in [2.75, 3.05) is 5.32 Å². The van der Waals surface area contributed by atoms with Gasteiger partial charge in [0.1, 0.15) is 5.82 Å². The molecule has 1 aromatic heterocycles. The van der Waals surface area contributed by atoms with Crippen LogP contribution in [0, 0.1) is 10.1 Å². The van der Waals surface area contributed by atoms with Gasteiger partial charge in [-0.3, -0.25) is 14.9 Å². The molecule has 9 heteroatoms. The number of hydrogen-bond acceptors (Lipinski definition) is 4. The summed E-state index contributed by atoms with van der Waals surface area (Å²) >= 11 is 12.3. The lowest BCUT2D eigenvalue weighted by Gasteiger charge is -2.10. The van der Waals surface area contributed by atoms with E-state index in [9.17, 15) is 14.9 Å². The number of rotatable bonds is 4. The molecule has 0 saturated heterocycles. The summed E-state index contributed by atoms with van der Waals surface area (Å²) in [6.45, 7) is 0. The van der Waals surface area contributed by atoms with Crippen LogP contribution in [0.1, 0.15) is 10.4 Å². The topological polar surface area (TPSA) is 101 Å². The van der Waals surface area contributed by atoms with E-state index in [1.165, 1.54) is 12.1 Å². The second-order valence-corrected chi connectivity index (χ2v) is 6.99. The SMILES string of the molecule is O=C(Nc1cc(-c2nc3ccccc3[nH]2)ccc1Cl)c1ccc([N+](=O)[O-])cc1Cl. The van der Waals surface area contributed by atoms with Crippen molar-refractivity contribution >= 4 is 51.5 Å². The van der Waals surface area contributed by atoms with Gasteiger partial charge >= 0.3 is 0 Å². The molecule has 0 aliphatic rings. The number of benzene rings is 3. The minimum absolute atomic E-state index is 0.0266. The minimum atomic E-state index is -0.582. The minimum Gasteiger partial charge on any atom is -0.338 e. The molecular formula is C20H12Cl2N4O3. The molecule has 0 aliphatic heterocycles. The summed E-state index contributed by atoms with van der Waals surface area (Å²) in [5, 5.41) is 13.8. The van der Waals surface area contributed by atoms with Crippen LogP contribution in [-0.4, -0.2) is 20.8 Å². The van der Waals surface area contributed by atoms with Crippen LogP contribution in [0.3, 0.4) is 0 Å². The van der Waals surface area contributed by atoms with Gasteiger partial charge in [0, 0.05) is 17.7 Å². The van der Waals surface area contributed by atoms with E-state index in [0.717, 1.165) is 22.7 Å². The van der Waals surface area contributed by atoms with Crippen molar-refractivity contribution in [3.63, 3.8) is 0 Å². The summed E-state index contributed by atoms with van der Waals surface area (Å²) in [5.41, 5.74) is 2.71. The lowest BCUT2D eigenvalue weighted by Crippen LogP contribution is -2.13. The third kappa shape index (κ3) is 3.78. The zero-order valence-corrected chi connectivity index (χ0v) is 16.2. The van der Waals surface area contributed by atoms with Gasteiger partial charge in [-0.15, -0.1) is 0 Å². The van der Waals surface area contributed by atoms with E-state index in [0.29, 0.717) is 16.5 Å². The molecule has 0 bridgehead atoms. The standard InChI is InChI=1S/C20H12Cl2N4O3/c21-14-8-5-11(19-23-16-3-1-2-4-17(16)24-19)9-18(14)25-20(27)13-7-6-12(26(28)29)10-15(13)22/h1-10H,(H,23,24)(H,25,27). The van der Waals surface area contributed by atoms with Crippen molar-refractivity contribution in [2.24, 2.45) is 0 Å². The van der Waals surface area contributed by atoms with Gasteiger partial charge in [-0.05, 0) is 36.4 Å². The monoisotopic (exact) mass is 426 g/mol. The van der Waals surface area contributed by atoms with E-state index in [1.54, 1.807) is 18.2 Å². The third-order valence-corrected chi connectivity index (χ3v) is 4.93. The summed E-state index contributed by atoms with van der Waals surface area (Å²) in [7, 11) is 0. The van der Waals surface area contributed by atoms with Crippen LogP contribution in [0.5, 0.6) is 0 Å². The fourth-order valence-electron chi connectivity index (χ4n) is 2.85. The van der Waals surface area contributed by atoms with E-state index in [4.69, 9.17) is 23.2 Å². The number of carbonyl (C=O) groups is 1. The summed E-state index contributed by atoms with van der Waals surface area (Å²) in [6.07, 6.45) is 0. The third-order valence-electron chi connectivity index (χ3n) is 4.29. The number of nitrogens with zero attached hydrogens (tertiary/aromatic N) is 2. The highest BCUT2D eigenvalue weighted by Gasteiger charge is 2.17. The molecule has 7 nitrogen and oxygen atoms in total. The molecule has 144 valence electrons. The molecule has 4 rings (SSSR count). The Morgan fingerprint density at radius 3 is 2.55 bits per heavy atom. The van der Waals surface area contributed by atoms with Crippen molar-refractivity contribution < 1.29 is 9.72 Å². The molecule has 4 aromatic rings. The average Bonchev–Trinajstić information content (AvgIpc) is 3.13. The Morgan fingerprint density at radius 2 is 1.83 bits per heavy atom. The van der Waals surface area contributed by atoms with Gasteiger partial charge in [0.05, 0.1) is 37.3 Å². The Bertz CT molecular complexity index is 1240. The molecule has 29 heavy (non-hydrogen) atoms. The largest absolute Gasteiger partial charge is 0.338 e. The van der Waals surface area contributed by atoms with E-state index < -0.39 is 10.8 Å². The molecule has 0 fully saturated rings. The molecule has 0 unspecified atom stereocenters. The van der Waals surface area contributed by atoms with Gasteiger partial charge < -0.3 is 10.3 Å². The Kier molecular flexibility index (Phi) is 4.92. The first-order chi connectivity index (χ1) is 13.9. The van der Waals surface area contributed by atoms with Gasteiger partial charge in [-0.2, -0.15) is 0 Å². The number of H-pyrrole nitrogens is 1.